The topological polar surface area (TPSA) is 32.3 Å². The molecule has 0 fully saturated rings. The summed E-state index contributed by atoms with van der Waals surface area (Å²) < 4.78 is 0. The van der Waals surface area contributed by atoms with Crippen molar-refractivity contribution in [3.63, 3.8) is 0 Å². The molecule has 0 aliphatic rings. The van der Waals surface area contributed by atoms with E-state index in [4.69, 9.17) is 23.2 Å². The zero-order valence-electron chi connectivity index (χ0n) is 12.7. The van der Waals surface area contributed by atoms with Crippen molar-refractivity contribution in [3.05, 3.63) is 82.3 Å². The molecule has 2 N–H and O–H groups in total. The molecule has 0 bridgehead atoms. The molecule has 0 aromatic heterocycles. The van der Waals surface area contributed by atoms with Crippen LogP contribution in [0.25, 0.3) is 0 Å². The molecule has 0 aliphatic heterocycles. The van der Waals surface area contributed by atoms with Gasteiger partial charge in [0, 0.05) is 27.0 Å². The molecule has 0 amide bonds. The number of phenols is 1. The Morgan fingerprint density at radius 1 is 0.917 bits per heavy atom. The Morgan fingerprint density at radius 3 is 2.42 bits per heavy atom. The van der Waals surface area contributed by atoms with Gasteiger partial charge in [0.05, 0.1) is 5.02 Å². The van der Waals surface area contributed by atoms with Crippen LogP contribution in [0, 0.1) is 0 Å². The second kappa shape index (κ2) is 7.84. The molecule has 3 aromatic rings. The van der Waals surface area contributed by atoms with Gasteiger partial charge in [-0.15, -0.1) is 0 Å². The zero-order valence-corrected chi connectivity index (χ0v) is 15.0. The Balaban J connectivity index is 1.74. The van der Waals surface area contributed by atoms with Crippen molar-refractivity contribution in [2.24, 2.45) is 0 Å². The summed E-state index contributed by atoms with van der Waals surface area (Å²) in [5.41, 5.74) is 2.05. The summed E-state index contributed by atoms with van der Waals surface area (Å²) >= 11 is 13.6. The Bertz CT molecular complexity index is 837. The van der Waals surface area contributed by atoms with Gasteiger partial charge >= 0.3 is 0 Å². The van der Waals surface area contributed by atoms with Crippen molar-refractivity contribution >= 4 is 40.7 Å². The predicted molar refractivity (Wildman–Crippen MR) is 102 cm³/mol. The van der Waals surface area contributed by atoms with E-state index in [0.717, 1.165) is 15.6 Å². The second-order valence-corrected chi connectivity index (χ2v) is 7.14. The first-order valence-electron chi connectivity index (χ1n) is 7.35. The molecule has 0 saturated carbocycles. The number of rotatable bonds is 5. The molecule has 2 nitrogen and oxygen atoms in total. The first-order chi connectivity index (χ1) is 11.6. The predicted octanol–water partition coefficient (Wildman–Crippen LogP) is 6.46. The van der Waals surface area contributed by atoms with Gasteiger partial charge in [0.15, 0.2) is 0 Å². The van der Waals surface area contributed by atoms with Crippen molar-refractivity contribution in [1.82, 2.24) is 0 Å². The van der Waals surface area contributed by atoms with Crippen molar-refractivity contribution < 1.29 is 5.11 Å². The van der Waals surface area contributed by atoms with Crippen LogP contribution in [0.3, 0.4) is 0 Å². The van der Waals surface area contributed by atoms with E-state index in [1.54, 1.807) is 30.0 Å². The monoisotopic (exact) mass is 375 g/mol. The maximum atomic E-state index is 9.48. The van der Waals surface area contributed by atoms with Crippen LogP contribution in [0.4, 0.5) is 5.69 Å². The number of aromatic hydroxyl groups is 1. The van der Waals surface area contributed by atoms with Gasteiger partial charge in [-0.25, -0.2) is 0 Å². The molecule has 122 valence electrons. The summed E-state index contributed by atoms with van der Waals surface area (Å²) in [5, 5.41) is 13.9. The highest BCUT2D eigenvalue weighted by Gasteiger charge is 2.05. The summed E-state index contributed by atoms with van der Waals surface area (Å²) in [6.45, 7) is 0.665. The molecular formula is C19H15Cl2NOS. The van der Waals surface area contributed by atoms with Gasteiger partial charge in [-0.1, -0.05) is 53.2 Å². The van der Waals surface area contributed by atoms with Crippen molar-refractivity contribution in [3.8, 4) is 5.75 Å². The number of hydrogen-bond donors (Lipinski definition) is 2. The summed E-state index contributed by atoms with van der Waals surface area (Å²) in [5.74, 6) is 0.0842. The number of hydrogen-bond acceptors (Lipinski definition) is 3. The zero-order chi connectivity index (χ0) is 16.9. The lowest BCUT2D eigenvalue weighted by Gasteiger charge is -2.12. The fourth-order valence-electron chi connectivity index (χ4n) is 2.19. The van der Waals surface area contributed by atoms with Crippen LogP contribution < -0.4 is 5.32 Å². The van der Waals surface area contributed by atoms with E-state index in [1.165, 1.54) is 10.5 Å². The Kier molecular flexibility index (Phi) is 5.56. The Hall–Kier alpha value is -1.81. The van der Waals surface area contributed by atoms with Gasteiger partial charge in [0.25, 0.3) is 0 Å². The van der Waals surface area contributed by atoms with E-state index in [2.05, 4.69) is 17.4 Å². The summed E-state index contributed by atoms with van der Waals surface area (Å²) in [6.07, 6.45) is 0. The normalized spacial score (nSPS) is 10.6. The number of halogens is 2. The average Bonchev–Trinajstić information content (AvgIpc) is 2.59. The Morgan fingerprint density at radius 2 is 1.67 bits per heavy atom. The maximum absolute atomic E-state index is 9.48. The highest BCUT2D eigenvalue weighted by Crippen LogP contribution is 2.32. The van der Waals surface area contributed by atoms with Crippen molar-refractivity contribution in [2.75, 3.05) is 5.32 Å². The minimum Gasteiger partial charge on any atom is -0.506 e. The molecule has 0 atom stereocenters. The third-order valence-electron chi connectivity index (χ3n) is 3.44. The molecule has 0 saturated heterocycles. The van der Waals surface area contributed by atoms with E-state index in [1.807, 2.05) is 36.4 Å². The van der Waals surface area contributed by atoms with Gasteiger partial charge in [-0.3, -0.25) is 0 Å². The highest BCUT2D eigenvalue weighted by atomic mass is 35.5. The largest absolute Gasteiger partial charge is 0.506 e. The molecule has 0 aliphatic carbocycles. The maximum Gasteiger partial charge on any atom is 0.134 e. The fraction of sp³-hybridized carbons (Fsp3) is 0.0526. The van der Waals surface area contributed by atoms with E-state index < -0.39 is 0 Å². The van der Waals surface area contributed by atoms with Crippen LogP contribution in [-0.2, 0) is 6.54 Å². The van der Waals surface area contributed by atoms with Crippen LogP contribution in [0.15, 0.2) is 76.5 Å². The second-order valence-electron chi connectivity index (χ2n) is 5.18. The van der Waals surface area contributed by atoms with E-state index in [0.29, 0.717) is 11.6 Å². The van der Waals surface area contributed by atoms with Crippen molar-refractivity contribution in [1.29, 1.82) is 0 Å². The van der Waals surface area contributed by atoms with E-state index in [9.17, 15) is 5.11 Å². The van der Waals surface area contributed by atoms with Gasteiger partial charge < -0.3 is 10.4 Å². The van der Waals surface area contributed by atoms with Crippen LogP contribution in [0.5, 0.6) is 5.75 Å². The smallest absolute Gasteiger partial charge is 0.134 e. The minimum atomic E-state index is 0.0842. The first-order valence-corrected chi connectivity index (χ1v) is 8.93. The number of nitrogens with one attached hydrogen (secondary N) is 1. The van der Waals surface area contributed by atoms with Crippen LogP contribution in [0.1, 0.15) is 5.56 Å². The summed E-state index contributed by atoms with van der Waals surface area (Å²) in [7, 11) is 0. The minimum absolute atomic E-state index is 0.0842. The fourth-order valence-corrected chi connectivity index (χ4v) is 3.44. The third-order valence-corrected chi connectivity index (χ3v) is 5.13. The third kappa shape index (κ3) is 4.38. The average molecular weight is 376 g/mol. The highest BCUT2D eigenvalue weighted by molar-refractivity contribution is 7.99. The molecule has 0 radical (unpaired) electrons. The Labute approximate surface area is 155 Å². The molecule has 3 aromatic carbocycles. The molecular weight excluding hydrogens is 361 g/mol. The molecule has 0 unspecified atom stereocenters. The quantitative estimate of drug-likeness (QED) is 0.501. The van der Waals surface area contributed by atoms with Gasteiger partial charge in [-0.05, 0) is 54.1 Å². The summed E-state index contributed by atoms with van der Waals surface area (Å²) in [6, 6.07) is 21.1. The number of anilines is 1. The summed E-state index contributed by atoms with van der Waals surface area (Å²) in [4.78, 5) is 2.32. The lowest BCUT2D eigenvalue weighted by molar-refractivity contribution is 0.475. The van der Waals surface area contributed by atoms with Gasteiger partial charge in [-0.2, -0.15) is 0 Å². The molecule has 24 heavy (non-hydrogen) atoms. The molecule has 0 heterocycles. The standard InChI is InChI=1S/C19H15Cl2NOS/c20-14-5-8-16(9-6-14)24-19-4-2-1-3-13(19)12-22-15-7-10-18(23)17(21)11-15/h1-11,22-23H,12H2. The lowest BCUT2D eigenvalue weighted by Crippen LogP contribution is -2.00. The first kappa shape index (κ1) is 17.0. The lowest BCUT2D eigenvalue weighted by atomic mass is 10.2. The van der Waals surface area contributed by atoms with Gasteiger partial charge in [0.2, 0.25) is 0 Å². The SMILES string of the molecule is Oc1ccc(NCc2ccccc2Sc2ccc(Cl)cc2)cc1Cl. The number of benzene rings is 3. The molecule has 0 spiro atoms. The van der Waals surface area contributed by atoms with Crippen LogP contribution >= 0.6 is 35.0 Å². The van der Waals surface area contributed by atoms with Gasteiger partial charge in [0.1, 0.15) is 5.75 Å². The molecule has 3 rings (SSSR count). The van der Waals surface area contributed by atoms with Crippen LogP contribution in [0.2, 0.25) is 10.0 Å². The number of phenolic OH excluding ortho intramolecular Hbond substituents is 1. The van der Waals surface area contributed by atoms with Crippen molar-refractivity contribution in [2.45, 2.75) is 16.3 Å². The van der Waals surface area contributed by atoms with Crippen LogP contribution in [-0.4, -0.2) is 5.11 Å². The van der Waals surface area contributed by atoms with E-state index >= 15 is 0 Å². The molecule has 5 heteroatoms. The van der Waals surface area contributed by atoms with E-state index in [-0.39, 0.29) is 5.75 Å².